The smallest absolute Gasteiger partial charge is 0.313 e. The number of nitro benzene ring substituents is 1. The number of ether oxygens (including phenoxy) is 1. The minimum Gasteiger partial charge on any atom is -0.476 e. The fourth-order valence-corrected chi connectivity index (χ4v) is 4.13. The molecule has 0 atom stereocenters. The number of hydrogen-bond donors (Lipinski definition) is 1. The number of hydrogen-bond acceptors (Lipinski definition) is 7. The van der Waals surface area contributed by atoms with Gasteiger partial charge in [0.25, 0.3) is 11.5 Å². The zero-order valence-electron chi connectivity index (χ0n) is 19.7. The maximum Gasteiger partial charge on any atom is 0.313 e. The lowest BCUT2D eigenvalue weighted by atomic mass is 10.2. The summed E-state index contributed by atoms with van der Waals surface area (Å²) < 4.78 is 20.7. The Bertz CT molecular complexity index is 1660. The number of nitrogens with one attached hydrogen (secondary N) is 1. The zero-order chi connectivity index (χ0) is 27.4. The van der Waals surface area contributed by atoms with E-state index in [-0.39, 0.29) is 22.0 Å². The number of rotatable bonds is 8. The van der Waals surface area contributed by atoms with Crippen LogP contribution in [0.5, 0.6) is 5.75 Å². The lowest BCUT2D eigenvalue weighted by Gasteiger charge is -2.11. The molecule has 0 fully saturated rings. The van der Waals surface area contributed by atoms with Gasteiger partial charge in [0, 0.05) is 33.2 Å². The Labute approximate surface area is 228 Å². The lowest BCUT2D eigenvalue weighted by molar-refractivity contribution is -0.385. The summed E-state index contributed by atoms with van der Waals surface area (Å²) in [5.74, 6) is -1.17. The summed E-state index contributed by atoms with van der Waals surface area (Å²) in [6.45, 7) is 1.17. The summed E-state index contributed by atoms with van der Waals surface area (Å²) in [7, 11) is 0. The highest BCUT2D eigenvalue weighted by Crippen LogP contribution is 2.34. The number of halogens is 3. The number of nitro groups is 1. The summed E-state index contributed by atoms with van der Waals surface area (Å²) in [6.07, 6.45) is 1.54. The van der Waals surface area contributed by atoms with Crippen molar-refractivity contribution >= 4 is 61.9 Å². The molecule has 0 unspecified atom stereocenters. The molecule has 194 valence electrons. The largest absolute Gasteiger partial charge is 0.476 e. The maximum atomic E-state index is 13.4. The van der Waals surface area contributed by atoms with E-state index in [2.05, 4.69) is 31.3 Å². The molecule has 3 aromatic carbocycles. The maximum absolute atomic E-state index is 13.4. The Morgan fingerprint density at radius 2 is 2.08 bits per heavy atom. The van der Waals surface area contributed by atoms with E-state index in [9.17, 15) is 24.1 Å². The number of aromatic nitrogens is 2. The van der Waals surface area contributed by atoms with Crippen molar-refractivity contribution in [3.63, 3.8) is 0 Å². The van der Waals surface area contributed by atoms with Gasteiger partial charge in [-0.3, -0.25) is 19.7 Å². The molecule has 4 rings (SSSR count). The van der Waals surface area contributed by atoms with Crippen LogP contribution in [-0.2, 0) is 11.2 Å². The van der Waals surface area contributed by atoms with Crippen LogP contribution >= 0.6 is 27.5 Å². The Morgan fingerprint density at radius 1 is 1.29 bits per heavy atom. The first-order valence-electron chi connectivity index (χ1n) is 11.1. The van der Waals surface area contributed by atoms with Gasteiger partial charge in [-0.25, -0.2) is 9.37 Å². The van der Waals surface area contributed by atoms with Gasteiger partial charge in [-0.2, -0.15) is 9.78 Å². The molecule has 1 amide bonds. The van der Waals surface area contributed by atoms with Gasteiger partial charge in [0.2, 0.25) is 5.75 Å². The molecule has 0 saturated heterocycles. The van der Waals surface area contributed by atoms with Gasteiger partial charge < -0.3 is 10.1 Å². The van der Waals surface area contributed by atoms with Crippen LogP contribution in [0.1, 0.15) is 18.3 Å². The molecule has 0 aliphatic heterocycles. The van der Waals surface area contributed by atoms with E-state index >= 15 is 0 Å². The van der Waals surface area contributed by atoms with Crippen LogP contribution in [0.4, 0.5) is 15.8 Å². The molecule has 0 saturated carbocycles. The number of fused-ring (bicyclic) bond motifs is 1. The highest BCUT2D eigenvalue weighted by molar-refractivity contribution is 9.10. The lowest BCUT2D eigenvalue weighted by Crippen LogP contribution is -2.22. The van der Waals surface area contributed by atoms with E-state index in [0.717, 1.165) is 16.8 Å². The summed E-state index contributed by atoms with van der Waals surface area (Å²) in [5, 5.41) is 18.7. The van der Waals surface area contributed by atoms with E-state index in [1.54, 1.807) is 25.1 Å². The molecule has 13 heteroatoms. The molecule has 1 heterocycles. The van der Waals surface area contributed by atoms with Crippen molar-refractivity contribution in [2.45, 2.75) is 13.3 Å². The molecule has 1 N–H and O–H groups in total. The van der Waals surface area contributed by atoms with Gasteiger partial charge in [-0.1, -0.05) is 40.5 Å². The van der Waals surface area contributed by atoms with Crippen LogP contribution in [0.2, 0.25) is 5.02 Å². The highest BCUT2D eigenvalue weighted by atomic mass is 79.9. The van der Waals surface area contributed by atoms with Crippen LogP contribution in [0, 0.1) is 15.9 Å². The average molecular weight is 603 g/mol. The Balaban J connectivity index is 1.70. The van der Waals surface area contributed by atoms with E-state index in [1.165, 1.54) is 30.5 Å². The second kappa shape index (κ2) is 11.5. The number of carbonyl (C=O) groups excluding carboxylic acids is 1. The topological polar surface area (TPSA) is 129 Å². The van der Waals surface area contributed by atoms with Gasteiger partial charge >= 0.3 is 5.69 Å². The molecule has 10 nitrogen and oxygen atoms in total. The van der Waals surface area contributed by atoms with Crippen molar-refractivity contribution in [2.75, 3.05) is 11.9 Å². The number of benzene rings is 3. The van der Waals surface area contributed by atoms with Crippen LogP contribution in [0.15, 0.2) is 69.0 Å². The fourth-order valence-electron chi connectivity index (χ4n) is 3.55. The molecule has 38 heavy (non-hydrogen) atoms. The summed E-state index contributed by atoms with van der Waals surface area (Å²) in [4.78, 5) is 41.0. The van der Waals surface area contributed by atoms with Crippen molar-refractivity contribution in [3.05, 3.63) is 102 Å². The zero-order valence-corrected chi connectivity index (χ0v) is 22.0. The van der Waals surface area contributed by atoms with Crippen LogP contribution < -0.4 is 15.6 Å². The highest BCUT2D eigenvalue weighted by Gasteiger charge is 2.22. The third-order valence-electron chi connectivity index (χ3n) is 5.22. The molecule has 4 aromatic rings. The van der Waals surface area contributed by atoms with E-state index < -0.39 is 34.5 Å². The number of anilines is 1. The summed E-state index contributed by atoms with van der Waals surface area (Å²) in [6, 6.07) is 12.7. The molecular weight excluding hydrogens is 585 g/mol. The van der Waals surface area contributed by atoms with Gasteiger partial charge in [0.15, 0.2) is 6.61 Å². The van der Waals surface area contributed by atoms with Crippen LogP contribution in [-0.4, -0.2) is 33.3 Å². The summed E-state index contributed by atoms with van der Waals surface area (Å²) in [5.41, 5.74) is -0.230. The van der Waals surface area contributed by atoms with Gasteiger partial charge in [-0.05, 0) is 42.5 Å². The first-order valence-corrected chi connectivity index (χ1v) is 12.2. The number of aryl methyl sites for hydroxylation is 1. The van der Waals surface area contributed by atoms with Crippen molar-refractivity contribution in [1.82, 2.24) is 9.66 Å². The SMILES string of the molecule is CCc1nc2ccc(Br)cc2c(=O)n1N=Cc1cc(Cl)cc([N+](=O)[O-])c1OCC(=O)Nc1cccc(F)c1. The standard InChI is InChI=1S/C25H18BrClFN5O5/c1-2-22-31-20-7-6-15(26)9-19(20)25(35)32(22)29-12-14-8-16(27)10-21(33(36)37)24(14)38-13-23(34)30-18-5-3-4-17(28)11-18/h3-12H,2,13H2,1H3,(H,30,34). The van der Waals surface area contributed by atoms with Crippen LogP contribution in [0.25, 0.3) is 10.9 Å². The molecule has 0 aliphatic rings. The molecular formula is C25H18BrClFN5O5. The molecule has 0 spiro atoms. The Morgan fingerprint density at radius 3 is 2.79 bits per heavy atom. The first kappa shape index (κ1) is 26.9. The van der Waals surface area contributed by atoms with Crippen molar-refractivity contribution in [1.29, 1.82) is 0 Å². The minimum absolute atomic E-state index is 0.0124. The third kappa shape index (κ3) is 6.03. The predicted octanol–water partition coefficient (Wildman–Crippen LogP) is 5.32. The average Bonchev–Trinajstić information content (AvgIpc) is 2.87. The summed E-state index contributed by atoms with van der Waals surface area (Å²) >= 11 is 9.43. The fraction of sp³-hybridized carbons (Fsp3) is 0.120. The number of nitrogens with zero attached hydrogens (tertiary/aromatic N) is 4. The second-order valence-electron chi connectivity index (χ2n) is 7.85. The normalized spacial score (nSPS) is 11.2. The monoisotopic (exact) mass is 601 g/mol. The van der Waals surface area contributed by atoms with Gasteiger partial charge in [0.05, 0.1) is 22.0 Å². The van der Waals surface area contributed by atoms with E-state index in [0.29, 0.717) is 27.6 Å². The molecule has 0 aliphatic carbocycles. The minimum atomic E-state index is -0.720. The second-order valence-corrected chi connectivity index (χ2v) is 9.20. The van der Waals surface area contributed by atoms with E-state index in [4.69, 9.17) is 16.3 Å². The molecule has 0 bridgehead atoms. The first-order chi connectivity index (χ1) is 18.2. The molecule has 1 aromatic heterocycles. The predicted molar refractivity (Wildman–Crippen MR) is 145 cm³/mol. The number of amides is 1. The third-order valence-corrected chi connectivity index (χ3v) is 5.93. The van der Waals surface area contributed by atoms with Crippen LogP contribution in [0.3, 0.4) is 0 Å². The van der Waals surface area contributed by atoms with Gasteiger partial charge in [-0.15, -0.1) is 0 Å². The number of carbonyl (C=O) groups is 1. The van der Waals surface area contributed by atoms with E-state index in [1.807, 2.05) is 0 Å². The Hall–Kier alpha value is -4.16. The quantitative estimate of drug-likeness (QED) is 0.165. The van der Waals surface area contributed by atoms with Crippen molar-refractivity contribution < 1.29 is 18.8 Å². The molecule has 0 radical (unpaired) electrons. The van der Waals surface area contributed by atoms with Gasteiger partial charge in [0.1, 0.15) is 11.6 Å². The van der Waals surface area contributed by atoms with Crippen molar-refractivity contribution in [2.24, 2.45) is 5.10 Å². The van der Waals surface area contributed by atoms with Crippen molar-refractivity contribution in [3.8, 4) is 5.75 Å². The Kier molecular flexibility index (Phi) is 8.13.